The van der Waals surface area contributed by atoms with Crippen molar-refractivity contribution in [3.05, 3.63) is 65.9 Å². The number of nitrogens with zero attached hydrogens (tertiary/aromatic N) is 2. The number of fused-ring (bicyclic) bond motifs is 1. The third kappa shape index (κ3) is 5.73. The molecule has 6 nitrogen and oxygen atoms in total. The molecular weight excluding hydrogens is 390 g/mol. The van der Waals surface area contributed by atoms with Gasteiger partial charge in [-0.15, -0.1) is 0 Å². The molecule has 0 fully saturated rings. The normalized spacial score (nSPS) is 15.0. The number of nitrogens with one attached hydrogen (secondary N) is 1. The number of carbonyl (C=O) groups is 2. The van der Waals surface area contributed by atoms with Gasteiger partial charge in [0.1, 0.15) is 12.4 Å². The van der Waals surface area contributed by atoms with Gasteiger partial charge in [-0.1, -0.05) is 50.2 Å². The van der Waals surface area contributed by atoms with E-state index in [1.165, 1.54) is 6.92 Å². The Morgan fingerprint density at radius 3 is 2.52 bits per heavy atom. The molecule has 2 amide bonds. The summed E-state index contributed by atoms with van der Waals surface area (Å²) < 4.78 is 5.95. The fraction of sp³-hybridized carbons (Fsp3) is 0.360. The Kier molecular flexibility index (Phi) is 7.84. The number of hydrogen-bond acceptors (Lipinski definition) is 4. The van der Waals surface area contributed by atoms with Gasteiger partial charge < -0.3 is 19.9 Å². The summed E-state index contributed by atoms with van der Waals surface area (Å²) in [5.41, 5.74) is 2.64. The Balaban J connectivity index is 1.69. The van der Waals surface area contributed by atoms with Gasteiger partial charge >= 0.3 is 0 Å². The van der Waals surface area contributed by atoms with Crippen molar-refractivity contribution in [1.29, 1.82) is 0 Å². The number of anilines is 1. The minimum atomic E-state index is -0.338. The van der Waals surface area contributed by atoms with Crippen LogP contribution in [0.4, 0.5) is 5.69 Å². The number of amides is 2. The number of likely N-dealkylation sites (N-methyl/N-ethyl adjacent to an activating group) is 1. The van der Waals surface area contributed by atoms with Crippen LogP contribution in [0.5, 0.6) is 5.75 Å². The Labute approximate surface area is 184 Å². The number of hydrogen-bond donors (Lipinski definition) is 1. The van der Waals surface area contributed by atoms with Crippen molar-refractivity contribution in [2.45, 2.75) is 33.2 Å². The molecule has 0 aromatic heterocycles. The van der Waals surface area contributed by atoms with Crippen LogP contribution in [-0.2, 0) is 9.59 Å². The van der Waals surface area contributed by atoms with Crippen molar-refractivity contribution in [1.82, 2.24) is 9.80 Å². The summed E-state index contributed by atoms with van der Waals surface area (Å²) in [6.07, 6.45) is 3.83. The molecule has 1 N–H and O–H groups in total. The number of rotatable bonds is 9. The third-order valence-electron chi connectivity index (χ3n) is 5.57. The molecular formula is C25H31N3O3. The van der Waals surface area contributed by atoms with Crippen LogP contribution in [0, 0.1) is 0 Å². The highest BCUT2D eigenvalue weighted by molar-refractivity contribution is 5.93. The Hall–Kier alpha value is -3.12. The van der Waals surface area contributed by atoms with Crippen molar-refractivity contribution in [2.24, 2.45) is 0 Å². The van der Waals surface area contributed by atoms with E-state index in [0.29, 0.717) is 18.0 Å². The zero-order chi connectivity index (χ0) is 22.2. The van der Waals surface area contributed by atoms with Crippen LogP contribution in [0.2, 0.25) is 0 Å². The highest BCUT2D eigenvalue weighted by Gasteiger charge is 2.28. The van der Waals surface area contributed by atoms with E-state index in [9.17, 15) is 9.59 Å². The van der Waals surface area contributed by atoms with Crippen LogP contribution < -0.4 is 10.1 Å². The molecule has 0 saturated heterocycles. The van der Waals surface area contributed by atoms with Gasteiger partial charge in [-0.25, -0.2) is 0 Å². The minimum Gasteiger partial charge on any atom is -0.490 e. The molecule has 6 heteroatoms. The highest BCUT2D eigenvalue weighted by atomic mass is 16.5. The van der Waals surface area contributed by atoms with Crippen molar-refractivity contribution < 1.29 is 14.3 Å². The van der Waals surface area contributed by atoms with Crippen LogP contribution in [0.25, 0.3) is 6.08 Å². The summed E-state index contributed by atoms with van der Waals surface area (Å²) in [5.74, 6) is 0.389. The molecule has 3 rings (SSSR count). The van der Waals surface area contributed by atoms with E-state index < -0.39 is 0 Å². The summed E-state index contributed by atoms with van der Waals surface area (Å²) in [7, 11) is 0. The average molecular weight is 422 g/mol. The van der Waals surface area contributed by atoms with Crippen molar-refractivity contribution in [2.75, 3.05) is 31.6 Å². The molecule has 0 spiro atoms. The molecule has 1 unspecified atom stereocenters. The second kappa shape index (κ2) is 10.8. The van der Waals surface area contributed by atoms with Gasteiger partial charge in [-0.3, -0.25) is 9.59 Å². The predicted octanol–water partition coefficient (Wildman–Crippen LogP) is 4.31. The quantitative estimate of drug-likeness (QED) is 0.655. The van der Waals surface area contributed by atoms with Crippen LogP contribution >= 0.6 is 0 Å². The fourth-order valence-corrected chi connectivity index (χ4v) is 3.81. The van der Waals surface area contributed by atoms with Gasteiger partial charge in [0.25, 0.3) is 0 Å². The first-order valence-corrected chi connectivity index (χ1v) is 10.8. The van der Waals surface area contributed by atoms with E-state index in [1.54, 1.807) is 11.1 Å². The predicted molar refractivity (Wildman–Crippen MR) is 124 cm³/mol. The Morgan fingerprint density at radius 2 is 1.77 bits per heavy atom. The summed E-state index contributed by atoms with van der Waals surface area (Å²) in [4.78, 5) is 29.0. The number of carbonyl (C=O) groups excluding carboxylic acids is 2. The Morgan fingerprint density at radius 1 is 1.06 bits per heavy atom. The topological polar surface area (TPSA) is 61.9 Å². The van der Waals surface area contributed by atoms with Gasteiger partial charge in [0.15, 0.2) is 0 Å². The number of ether oxygens (including phenoxy) is 1. The monoisotopic (exact) mass is 421 g/mol. The first-order valence-electron chi connectivity index (χ1n) is 10.8. The SMILES string of the molecule is CCN(CC)CCOc1ccccc1NC(=O)CC1c2ccccc2C=CN1C(C)=O. The van der Waals surface area contributed by atoms with E-state index in [0.717, 1.165) is 30.8 Å². The van der Waals surface area contributed by atoms with Gasteiger partial charge in [0.05, 0.1) is 18.2 Å². The smallest absolute Gasteiger partial charge is 0.226 e. The van der Waals surface area contributed by atoms with Gasteiger partial charge in [-0.05, 0) is 42.4 Å². The largest absolute Gasteiger partial charge is 0.490 e. The van der Waals surface area contributed by atoms with Gasteiger partial charge in [0.2, 0.25) is 11.8 Å². The average Bonchev–Trinajstić information content (AvgIpc) is 2.77. The molecule has 2 aromatic carbocycles. The first kappa shape index (κ1) is 22.6. The van der Waals surface area contributed by atoms with Crippen LogP contribution in [-0.4, -0.2) is 47.9 Å². The standard InChI is InChI=1S/C25H31N3O3/c1-4-27(5-2)16-17-31-24-13-9-8-12-22(24)26-25(30)18-23-21-11-7-6-10-20(21)14-15-28(23)19(3)29/h6-15,23H,4-5,16-18H2,1-3H3,(H,26,30). The van der Waals surface area contributed by atoms with Gasteiger partial charge in [-0.2, -0.15) is 0 Å². The lowest BCUT2D eigenvalue weighted by molar-refractivity contribution is -0.129. The van der Waals surface area contributed by atoms with Crippen LogP contribution in [0.15, 0.2) is 54.7 Å². The lowest BCUT2D eigenvalue weighted by atomic mass is 9.93. The molecule has 164 valence electrons. The molecule has 1 heterocycles. The zero-order valence-corrected chi connectivity index (χ0v) is 18.5. The van der Waals surface area contributed by atoms with Crippen molar-refractivity contribution in [3.8, 4) is 5.75 Å². The summed E-state index contributed by atoms with van der Waals surface area (Å²) >= 11 is 0. The van der Waals surface area contributed by atoms with Crippen LogP contribution in [0.3, 0.4) is 0 Å². The second-order valence-electron chi connectivity index (χ2n) is 7.51. The molecule has 1 aliphatic rings. The van der Waals surface area contributed by atoms with E-state index in [1.807, 2.05) is 54.6 Å². The lowest BCUT2D eigenvalue weighted by Crippen LogP contribution is -2.33. The summed E-state index contributed by atoms with van der Waals surface area (Å²) in [6, 6.07) is 15.0. The maximum atomic E-state index is 12.9. The van der Waals surface area contributed by atoms with E-state index in [2.05, 4.69) is 24.1 Å². The number of para-hydroxylation sites is 2. The fourth-order valence-electron chi connectivity index (χ4n) is 3.81. The van der Waals surface area contributed by atoms with Crippen LogP contribution in [0.1, 0.15) is 44.4 Å². The third-order valence-corrected chi connectivity index (χ3v) is 5.57. The molecule has 2 aromatic rings. The minimum absolute atomic E-state index is 0.0938. The van der Waals surface area contributed by atoms with E-state index in [-0.39, 0.29) is 24.3 Å². The van der Waals surface area contributed by atoms with E-state index >= 15 is 0 Å². The number of benzene rings is 2. The zero-order valence-electron chi connectivity index (χ0n) is 18.5. The van der Waals surface area contributed by atoms with Crippen molar-refractivity contribution >= 4 is 23.6 Å². The highest BCUT2D eigenvalue weighted by Crippen LogP contribution is 2.33. The second-order valence-corrected chi connectivity index (χ2v) is 7.51. The molecule has 31 heavy (non-hydrogen) atoms. The summed E-state index contributed by atoms with van der Waals surface area (Å²) in [5, 5.41) is 2.97. The van der Waals surface area contributed by atoms with E-state index in [4.69, 9.17) is 4.74 Å². The molecule has 0 bridgehead atoms. The Bertz CT molecular complexity index is 937. The molecule has 0 radical (unpaired) electrons. The maximum Gasteiger partial charge on any atom is 0.226 e. The molecule has 1 aliphatic heterocycles. The molecule has 0 saturated carbocycles. The first-order chi connectivity index (χ1) is 15.0. The maximum absolute atomic E-state index is 12.9. The molecule has 1 atom stereocenters. The van der Waals surface area contributed by atoms with Crippen molar-refractivity contribution in [3.63, 3.8) is 0 Å². The lowest BCUT2D eigenvalue weighted by Gasteiger charge is -2.32. The summed E-state index contributed by atoms with van der Waals surface area (Å²) in [6.45, 7) is 9.09. The molecule has 0 aliphatic carbocycles. The van der Waals surface area contributed by atoms with Gasteiger partial charge in [0, 0.05) is 19.7 Å².